The molecule has 4 atom stereocenters. The number of fused-ring (bicyclic) bond motifs is 2. The van der Waals surface area contributed by atoms with Crippen molar-refractivity contribution >= 4 is 23.1 Å². The number of benzene rings is 1. The number of anilines is 2. The number of aliphatic imine (C=N–C) groups is 1. The van der Waals surface area contributed by atoms with E-state index in [2.05, 4.69) is 16.9 Å². The Balaban J connectivity index is 2.09. The summed E-state index contributed by atoms with van der Waals surface area (Å²) in [5.41, 5.74) is 3.55. The third kappa shape index (κ3) is 3.37. The van der Waals surface area contributed by atoms with E-state index in [9.17, 15) is 20.1 Å². The fourth-order valence-corrected chi connectivity index (χ4v) is 3.51. The van der Waals surface area contributed by atoms with Gasteiger partial charge in [-0.1, -0.05) is 6.58 Å². The predicted octanol–water partition coefficient (Wildman–Crippen LogP) is -0.997. The quantitative estimate of drug-likeness (QED) is 0.436. The van der Waals surface area contributed by atoms with Crippen molar-refractivity contribution in [1.82, 2.24) is 5.32 Å². The van der Waals surface area contributed by atoms with E-state index in [1.807, 2.05) is 30.9 Å². The standard InChI is InChI=1S/C19H26N4O5/c1-9-5-12-13(6-10(9)2)23(7-14(25)17(27)15(26)8-24)18-16(22(12)4)19(28)21-11(3)20-18/h5-6,14-17,24-27H,3,7-8H2,1-2,4H3,(H,21,28). The number of carbonyl (C=O) groups excluding carboxylic acids is 1. The number of aryl methyl sites for hydroxylation is 2. The van der Waals surface area contributed by atoms with Crippen LogP contribution in [-0.2, 0) is 4.79 Å². The zero-order chi connectivity index (χ0) is 20.7. The van der Waals surface area contributed by atoms with Crippen LogP contribution >= 0.6 is 0 Å². The van der Waals surface area contributed by atoms with Gasteiger partial charge in [0, 0.05) is 7.05 Å². The summed E-state index contributed by atoms with van der Waals surface area (Å²) in [5.74, 6) is 0.265. The number of likely N-dealkylation sites (N-methyl/N-ethyl adjacent to an activating group) is 1. The van der Waals surface area contributed by atoms with Crippen molar-refractivity contribution in [3.8, 4) is 0 Å². The molecule has 1 aromatic carbocycles. The lowest BCUT2D eigenvalue weighted by Crippen LogP contribution is -2.62. The van der Waals surface area contributed by atoms with E-state index in [0.717, 1.165) is 16.8 Å². The van der Waals surface area contributed by atoms with Gasteiger partial charge in [-0.3, -0.25) is 4.79 Å². The maximum absolute atomic E-state index is 12.6. The van der Waals surface area contributed by atoms with E-state index >= 15 is 0 Å². The molecule has 0 saturated carbocycles. The van der Waals surface area contributed by atoms with Crippen molar-refractivity contribution < 1.29 is 25.2 Å². The normalized spacial score (nSPS) is 22.1. The molecule has 0 aromatic heterocycles. The molecule has 0 bridgehead atoms. The maximum Gasteiger partial charge on any atom is 0.256 e. The van der Waals surface area contributed by atoms with E-state index in [4.69, 9.17) is 5.11 Å². The first-order valence-electron chi connectivity index (χ1n) is 9.00. The number of amidine groups is 1. The Morgan fingerprint density at radius 2 is 1.79 bits per heavy atom. The van der Waals surface area contributed by atoms with Gasteiger partial charge in [-0.05, 0) is 37.1 Å². The highest BCUT2D eigenvalue weighted by Crippen LogP contribution is 2.39. The zero-order valence-corrected chi connectivity index (χ0v) is 16.1. The van der Waals surface area contributed by atoms with Crippen LogP contribution in [0.2, 0.25) is 0 Å². The summed E-state index contributed by atoms with van der Waals surface area (Å²) in [7, 11) is 1.79. The van der Waals surface area contributed by atoms with Crippen LogP contribution in [0.15, 0.2) is 29.5 Å². The van der Waals surface area contributed by atoms with E-state index in [1.165, 1.54) is 0 Å². The lowest BCUT2D eigenvalue weighted by molar-refractivity contribution is -0.120. The van der Waals surface area contributed by atoms with Gasteiger partial charge in [0.15, 0.2) is 6.04 Å². The Morgan fingerprint density at radius 3 is 2.39 bits per heavy atom. The molecule has 2 aliphatic rings. The van der Waals surface area contributed by atoms with Crippen LogP contribution in [0.4, 0.5) is 11.4 Å². The highest BCUT2D eigenvalue weighted by Gasteiger charge is 2.43. The number of β-amino-alcohol motifs (C(OH)–C–C–N with tert-alkyl or cyclic N) is 1. The molecular formula is C19H26N4O5. The zero-order valence-electron chi connectivity index (χ0n) is 16.1. The van der Waals surface area contributed by atoms with E-state index in [-0.39, 0.29) is 18.3 Å². The molecule has 3 rings (SSSR count). The lowest BCUT2D eigenvalue weighted by Gasteiger charge is -2.45. The van der Waals surface area contributed by atoms with Crippen LogP contribution in [0.1, 0.15) is 11.1 Å². The second-order valence-corrected chi connectivity index (χ2v) is 7.26. The molecule has 1 amide bonds. The largest absolute Gasteiger partial charge is 0.394 e. The summed E-state index contributed by atoms with van der Waals surface area (Å²) in [6.07, 6.45) is -4.43. The van der Waals surface area contributed by atoms with Gasteiger partial charge in [0.25, 0.3) is 5.91 Å². The molecule has 1 aromatic rings. The van der Waals surface area contributed by atoms with Crippen molar-refractivity contribution in [3.05, 3.63) is 35.7 Å². The molecule has 0 fully saturated rings. The molecule has 9 heteroatoms. The average molecular weight is 390 g/mol. The summed E-state index contributed by atoms with van der Waals surface area (Å²) in [5, 5.41) is 41.9. The SMILES string of the molecule is C=C1N=C2C(C(=O)N1)N(C)c1cc(C)c(C)cc1N2CC(O)C(O)C(O)CO. The van der Waals surface area contributed by atoms with Crippen molar-refractivity contribution in [3.63, 3.8) is 0 Å². The number of hydrogen-bond acceptors (Lipinski definition) is 8. The summed E-state index contributed by atoms with van der Waals surface area (Å²) in [6.45, 7) is 6.82. The van der Waals surface area contributed by atoms with E-state index in [0.29, 0.717) is 11.5 Å². The third-order valence-corrected chi connectivity index (χ3v) is 5.28. The Hall–Kier alpha value is -2.46. The summed E-state index contributed by atoms with van der Waals surface area (Å²) < 4.78 is 0. The molecule has 152 valence electrons. The smallest absolute Gasteiger partial charge is 0.256 e. The van der Waals surface area contributed by atoms with Gasteiger partial charge in [-0.2, -0.15) is 0 Å². The lowest BCUT2D eigenvalue weighted by atomic mass is 9.98. The molecule has 5 N–H and O–H groups in total. The summed E-state index contributed by atoms with van der Waals surface area (Å²) in [4.78, 5) is 20.5. The number of carbonyl (C=O) groups is 1. The number of hydrogen-bond donors (Lipinski definition) is 5. The fraction of sp³-hybridized carbons (Fsp3) is 0.474. The number of nitrogens with zero attached hydrogens (tertiary/aromatic N) is 3. The first-order chi connectivity index (χ1) is 13.1. The second-order valence-electron chi connectivity index (χ2n) is 7.26. The Bertz CT molecular complexity index is 840. The summed E-state index contributed by atoms with van der Waals surface area (Å²) in [6, 6.07) is 3.15. The van der Waals surface area contributed by atoms with Gasteiger partial charge in [0.05, 0.1) is 24.5 Å². The minimum atomic E-state index is -1.56. The molecular weight excluding hydrogens is 364 g/mol. The molecule has 0 aliphatic carbocycles. The Morgan fingerprint density at radius 1 is 1.18 bits per heavy atom. The molecule has 9 nitrogen and oxygen atoms in total. The molecule has 0 saturated heterocycles. The number of aliphatic hydroxyl groups is 4. The van der Waals surface area contributed by atoms with Gasteiger partial charge in [-0.15, -0.1) is 0 Å². The minimum Gasteiger partial charge on any atom is -0.394 e. The second kappa shape index (κ2) is 7.51. The van der Waals surface area contributed by atoms with Crippen molar-refractivity contribution in [2.24, 2.45) is 4.99 Å². The van der Waals surface area contributed by atoms with Crippen LogP contribution in [0, 0.1) is 13.8 Å². The Labute approximate surface area is 163 Å². The maximum atomic E-state index is 12.6. The monoisotopic (exact) mass is 390 g/mol. The van der Waals surface area contributed by atoms with Crippen LogP contribution < -0.4 is 15.1 Å². The van der Waals surface area contributed by atoms with Gasteiger partial charge >= 0.3 is 0 Å². The first-order valence-corrected chi connectivity index (χ1v) is 9.00. The molecule has 0 spiro atoms. The van der Waals surface area contributed by atoms with E-state index < -0.39 is 31.0 Å². The van der Waals surface area contributed by atoms with Crippen molar-refractivity contribution in [1.29, 1.82) is 0 Å². The molecule has 28 heavy (non-hydrogen) atoms. The van der Waals surface area contributed by atoms with Crippen molar-refractivity contribution in [2.75, 3.05) is 30.0 Å². The topological polar surface area (TPSA) is 129 Å². The third-order valence-electron chi connectivity index (χ3n) is 5.28. The fourth-order valence-electron chi connectivity index (χ4n) is 3.51. The van der Waals surface area contributed by atoms with Crippen LogP contribution in [0.5, 0.6) is 0 Å². The van der Waals surface area contributed by atoms with Crippen LogP contribution in [-0.4, -0.2) is 76.7 Å². The van der Waals surface area contributed by atoms with Gasteiger partial charge in [0.2, 0.25) is 0 Å². The minimum absolute atomic E-state index is 0.128. The van der Waals surface area contributed by atoms with Gasteiger partial charge in [-0.25, -0.2) is 4.99 Å². The number of rotatable bonds is 5. The summed E-state index contributed by atoms with van der Waals surface area (Å²) >= 11 is 0. The number of nitrogens with one attached hydrogen (secondary N) is 1. The van der Waals surface area contributed by atoms with E-state index in [1.54, 1.807) is 11.9 Å². The van der Waals surface area contributed by atoms with Crippen molar-refractivity contribution in [2.45, 2.75) is 38.2 Å². The van der Waals surface area contributed by atoms with Gasteiger partial charge < -0.3 is 35.5 Å². The van der Waals surface area contributed by atoms with Crippen LogP contribution in [0.25, 0.3) is 0 Å². The highest BCUT2D eigenvalue weighted by atomic mass is 16.4. The van der Waals surface area contributed by atoms with Gasteiger partial charge in [0.1, 0.15) is 30.0 Å². The molecule has 2 heterocycles. The molecule has 4 unspecified atom stereocenters. The Kier molecular flexibility index (Phi) is 5.44. The van der Waals surface area contributed by atoms with Crippen LogP contribution in [0.3, 0.4) is 0 Å². The number of amides is 1. The average Bonchev–Trinajstić information content (AvgIpc) is 2.64. The highest BCUT2D eigenvalue weighted by molar-refractivity contribution is 6.21. The predicted molar refractivity (Wildman–Crippen MR) is 105 cm³/mol. The molecule has 0 radical (unpaired) electrons. The molecule has 2 aliphatic heterocycles. The first kappa shape index (κ1) is 20.3. The number of aliphatic hydroxyl groups excluding tert-OH is 4.